The molecule has 0 radical (unpaired) electrons. The van der Waals surface area contributed by atoms with Crippen molar-refractivity contribution >= 4 is 0 Å². The van der Waals surface area contributed by atoms with E-state index in [1.165, 1.54) is 238 Å². The second-order valence-electron chi connectivity index (χ2n) is 14.2. The molecule has 0 rings (SSSR count). The van der Waals surface area contributed by atoms with E-state index in [1.807, 2.05) is 0 Å². The van der Waals surface area contributed by atoms with Gasteiger partial charge < -0.3 is 0 Å². The third-order valence-corrected chi connectivity index (χ3v) is 10.1. The fraction of sp³-hybridized carbons (Fsp3) is 0.952. The van der Waals surface area contributed by atoms with E-state index >= 15 is 0 Å². The zero-order valence-electron chi connectivity index (χ0n) is 30.0. The van der Waals surface area contributed by atoms with Crippen molar-refractivity contribution in [2.45, 2.75) is 251 Å². The van der Waals surface area contributed by atoms with Crippen LogP contribution in [0, 0.1) is 5.92 Å². The third kappa shape index (κ3) is 35.9. The highest BCUT2D eigenvalue weighted by atomic mass is 14.1. The predicted molar refractivity (Wildman–Crippen MR) is 196 cm³/mol. The Balaban J connectivity index is 3.19. The summed E-state index contributed by atoms with van der Waals surface area (Å²) in [6.45, 7) is 8.55. The van der Waals surface area contributed by atoms with Gasteiger partial charge in [0.05, 0.1) is 0 Å². The zero-order chi connectivity index (χ0) is 30.4. The summed E-state index contributed by atoms with van der Waals surface area (Å²) in [5.41, 5.74) is 0. The van der Waals surface area contributed by atoms with E-state index in [0.29, 0.717) is 0 Å². The van der Waals surface area contributed by atoms with E-state index in [4.69, 9.17) is 0 Å². The normalized spacial score (nSPS) is 12.2. The molecule has 0 heteroatoms. The molecule has 0 aromatic carbocycles. The lowest BCUT2D eigenvalue weighted by molar-refractivity contribution is 0.392. The molecule has 1 atom stereocenters. The molecular formula is C42H84. The minimum atomic E-state index is 1.01. The Bertz CT molecular complexity index is 465. The van der Waals surface area contributed by atoms with Crippen molar-refractivity contribution in [1.29, 1.82) is 0 Å². The van der Waals surface area contributed by atoms with E-state index in [2.05, 4.69) is 26.5 Å². The summed E-state index contributed by atoms with van der Waals surface area (Å²) in [4.78, 5) is 0. The van der Waals surface area contributed by atoms with E-state index in [9.17, 15) is 0 Å². The van der Waals surface area contributed by atoms with Gasteiger partial charge in [0, 0.05) is 0 Å². The van der Waals surface area contributed by atoms with Crippen LogP contribution in [0.15, 0.2) is 12.7 Å². The van der Waals surface area contributed by atoms with Gasteiger partial charge in [-0.2, -0.15) is 0 Å². The highest BCUT2D eigenvalue weighted by Crippen LogP contribution is 2.22. The first kappa shape index (κ1) is 41.7. The Hall–Kier alpha value is -0.260. The molecule has 0 amide bonds. The van der Waals surface area contributed by atoms with Gasteiger partial charge in [-0.1, -0.05) is 245 Å². The molecule has 0 aliphatic carbocycles. The van der Waals surface area contributed by atoms with Crippen LogP contribution in [0.3, 0.4) is 0 Å². The first-order valence-electron chi connectivity index (χ1n) is 20.5. The molecule has 0 aliphatic rings. The Morgan fingerprint density at radius 3 is 0.810 bits per heavy atom. The van der Waals surface area contributed by atoms with Crippen LogP contribution < -0.4 is 0 Å². The first-order valence-corrected chi connectivity index (χ1v) is 20.5. The molecule has 0 N–H and O–H groups in total. The van der Waals surface area contributed by atoms with Crippen molar-refractivity contribution < 1.29 is 0 Å². The van der Waals surface area contributed by atoms with E-state index in [0.717, 1.165) is 5.92 Å². The Morgan fingerprint density at radius 1 is 0.333 bits per heavy atom. The smallest absolute Gasteiger partial charge is 0.0353 e. The summed E-state index contributed by atoms with van der Waals surface area (Å²) in [5.74, 6) is 1.01. The molecule has 0 aromatic heterocycles. The van der Waals surface area contributed by atoms with E-state index < -0.39 is 0 Å². The van der Waals surface area contributed by atoms with Gasteiger partial charge in [-0.05, 0) is 18.8 Å². The zero-order valence-corrected chi connectivity index (χ0v) is 30.0. The molecular weight excluding hydrogens is 504 g/mol. The maximum absolute atomic E-state index is 3.82. The quantitative estimate of drug-likeness (QED) is 0.0497. The van der Waals surface area contributed by atoms with Gasteiger partial charge in [0.2, 0.25) is 0 Å². The summed E-state index contributed by atoms with van der Waals surface area (Å²) < 4.78 is 0. The monoisotopic (exact) mass is 589 g/mol. The van der Waals surface area contributed by atoms with Gasteiger partial charge in [-0.25, -0.2) is 0 Å². The highest BCUT2D eigenvalue weighted by Gasteiger charge is 2.06. The van der Waals surface area contributed by atoms with Gasteiger partial charge in [0.25, 0.3) is 0 Å². The van der Waals surface area contributed by atoms with Gasteiger partial charge >= 0.3 is 0 Å². The number of rotatable bonds is 38. The van der Waals surface area contributed by atoms with E-state index in [-0.39, 0.29) is 0 Å². The van der Waals surface area contributed by atoms with Crippen LogP contribution in [0.2, 0.25) is 0 Å². The van der Waals surface area contributed by atoms with Crippen molar-refractivity contribution in [2.24, 2.45) is 5.92 Å². The van der Waals surface area contributed by atoms with Crippen molar-refractivity contribution in [3.63, 3.8) is 0 Å². The second-order valence-corrected chi connectivity index (χ2v) is 14.2. The second kappa shape index (κ2) is 38.8. The molecule has 0 nitrogen and oxygen atoms in total. The minimum Gasteiger partial charge on any atom is -0.103 e. The van der Waals surface area contributed by atoms with Gasteiger partial charge in [-0.15, -0.1) is 6.58 Å². The highest BCUT2D eigenvalue weighted by molar-refractivity contribution is 4.65. The fourth-order valence-electron chi connectivity index (χ4n) is 6.91. The summed E-state index contributed by atoms with van der Waals surface area (Å²) in [6.07, 6.45) is 56.3. The summed E-state index contributed by atoms with van der Waals surface area (Å²) in [6, 6.07) is 0. The average molecular weight is 589 g/mol. The fourth-order valence-corrected chi connectivity index (χ4v) is 6.91. The molecule has 0 bridgehead atoms. The van der Waals surface area contributed by atoms with Crippen LogP contribution in [0.4, 0.5) is 0 Å². The Labute approximate surface area is 269 Å². The molecule has 0 fully saturated rings. The SMILES string of the molecule is C=CCCCCCCCCCC(CC)CCCCCCCCCCCCCCCCCCCCCCCCCCCC. The molecule has 252 valence electrons. The summed E-state index contributed by atoms with van der Waals surface area (Å²) >= 11 is 0. The molecule has 0 saturated heterocycles. The molecule has 0 spiro atoms. The summed E-state index contributed by atoms with van der Waals surface area (Å²) in [7, 11) is 0. The van der Waals surface area contributed by atoms with Crippen molar-refractivity contribution in [3.05, 3.63) is 12.7 Å². The van der Waals surface area contributed by atoms with Crippen LogP contribution in [-0.2, 0) is 0 Å². The maximum atomic E-state index is 3.82. The lowest BCUT2D eigenvalue weighted by atomic mass is 9.92. The maximum Gasteiger partial charge on any atom is -0.0353 e. The molecule has 0 aromatic rings. The lowest BCUT2D eigenvalue weighted by Crippen LogP contribution is -1.99. The van der Waals surface area contributed by atoms with Crippen LogP contribution in [0.5, 0.6) is 0 Å². The standard InChI is InChI=1S/C42H84/c1-4-7-9-11-13-15-16-17-18-19-20-21-22-23-24-25-26-27-28-29-30-31-33-35-37-39-41-42(6-3)40-38-36-34-32-14-12-10-8-5-2/h5,42H,2,4,6-41H2,1,3H3. The molecule has 42 heavy (non-hydrogen) atoms. The Morgan fingerprint density at radius 2 is 0.571 bits per heavy atom. The van der Waals surface area contributed by atoms with Crippen molar-refractivity contribution in [2.75, 3.05) is 0 Å². The lowest BCUT2D eigenvalue weighted by Gasteiger charge is -2.14. The van der Waals surface area contributed by atoms with Crippen molar-refractivity contribution in [1.82, 2.24) is 0 Å². The molecule has 0 aliphatic heterocycles. The van der Waals surface area contributed by atoms with Crippen LogP contribution in [0.25, 0.3) is 0 Å². The van der Waals surface area contributed by atoms with Gasteiger partial charge in [-0.3, -0.25) is 0 Å². The average Bonchev–Trinajstić information content (AvgIpc) is 3.00. The first-order chi connectivity index (χ1) is 20.8. The Kier molecular flexibility index (Phi) is 38.5. The molecule has 0 heterocycles. The van der Waals surface area contributed by atoms with Crippen LogP contribution >= 0.6 is 0 Å². The van der Waals surface area contributed by atoms with Crippen LogP contribution in [0.1, 0.15) is 251 Å². The molecule has 0 saturated carbocycles. The topological polar surface area (TPSA) is 0 Å². The summed E-state index contributed by atoms with van der Waals surface area (Å²) in [5, 5.41) is 0. The third-order valence-electron chi connectivity index (χ3n) is 10.1. The number of unbranched alkanes of at least 4 members (excludes halogenated alkanes) is 32. The van der Waals surface area contributed by atoms with E-state index in [1.54, 1.807) is 0 Å². The largest absolute Gasteiger partial charge is 0.103 e. The van der Waals surface area contributed by atoms with Crippen LogP contribution in [-0.4, -0.2) is 0 Å². The number of hydrogen-bond donors (Lipinski definition) is 0. The van der Waals surface area contributed by atoms with Crippen molar-refractivity contribution in [3.8, 4) is 0 Å². The predicted octanol–water partition coefficient (Wildman–Crippen LogP) is 16.3. The van der Waals surface area contributed by atoms with Gasteiger partial charge in [0.15, 0.2) is 0 Å². The number of hydrogen-bond acceptors (Lipinski definition) is 0. The van der Waals surface area contributed by atoms with Gasteiger partial charge in [0.1, 0.15) is 0 Å². The molecule has 1 unspecified atom stereocenters. The minimum absolute atomic E-state index is 1.01. The number of allylic oxidation sites excluding steroid dienone is 1.